The van der Waals surface area contributed by atoms with Crippen LogP contribution in [0.5, 0.6) is 0 Å². The van der Waals surface area contributed by atoms with Gasteiger partial charge in [-0.15, -0.1) is 0 Å². The van der Waals surface area contributed by atoms with Crippen LogP contribution in [0.25, 0.3) is 0 Å². The molecule has 0 aliphatic heterocycles. The quantitative estimate of drug-likeness (QED) is 0.546. The predicted octanol–water partition coefficient (Wildman–Crippen LogP) is 5.02. The van der Waals surface area contributed by atoms with Crippen LogP contribution in [0.15, 0.2) is 48.6 Å². The Morgan fingerprint density at radius 2 is 1.88 bits per heavy atom. The first-order valence-corrected chi connectivity index (χ1v) is 8.49. The van der Waals surface area contributed by atoms with Gasteiger partial charge in [-0.1, -0.05) is 30.4 Å². The first-order chi connectivity index (χ1) is 11.7. The Balaban J connectivity index is 1.88. The second-order valence-electron chi connectivity index (χ2n) is 6.35. The summed E-state index contributed by atoms with van der Waals surface area (Å²) in [6.07, 6.45) is 13.6. The van der Waals surface area contributed by atoms with Gasteiger partial charge in [-0.2, -0.15) is 10.5 Å². The van der Waals surface area contributed by atoms with Crippen molar-refractivity contribution < 1.29 is 4.74 Å². The van der Waals surface area contributed by atoms with Gasteiger partial charge in [-0.25, -0.2) is 0 Å². The number of ether oxygens (including phenoxy) is 1. The minimum absolute atomic E-state index is 0.0215. The van der Waals surface area contributed by atoms with E-state index in [0.717, 1.165) is 44.1 Å². The average Bonchev–Trinajstić information content (AvgIpc) is 2.65. The van der Waals surface area contributed by atoms with E-state index in [1.165, 1.54) is 11.6 Å². The molecule has 1 saturated carbocycles. The molecule has 1 aliphatic carbocycles. The van der Waals surface area contributed by atoms with Crippen LogP contribution in [0.4, 0.5) is 0 Å². The fraction of sp³-hybridized carbons (Fsp3) is 0.429. The molecular weight excluding hydrogens is 296 g/mol. The van der Waals surface area contributed by atoms with Gasteiger partial charge in [-0.05, 0) is 62.1 Å². The van der Waals surface area contributed by atoms with Gasteiger partial charge in [0, 0.05) is 13.2 Å². The van der Waals surface area contributed by atoms with Crippen LogP contribution in [0, 0.1) is 22.7 Å². The summed E-state index contributed by atoms with van der Waals surface area (Å²) >= 11 is 0. The molecule has 1 aromatic carbocycles. The van der Waals surface area contributed by atoms with Gasteiger partial charge in [0.15, 0.2) is 0 Å². The maximum Gasteiger partial charge on any atom is 0.0991 e. The molecule has 0 spiro atoms. The van der Waals surface area contributed by atoms with Crippen LogP contribution >= 0.6 is 0 Å². The summed E-state index contributed by atoms with van der Waals surface area (Å²) in [5, 5.41) is 17.3. The van der Waals surface area contributed by atoms with E-state index in [2.05, 4.69) is 24.3 Å². The molecule has 0 saturated heterocycles. The lowest BCUT2D eigenvalue weighted by atomic mass is 9.74. The molecule has 3 nitrogen and oxygen atoms in total. The maximum atomic E-state index is 8.90. The van der Waals surface area contributed by atoms with E-state index in [9.17, 15) is 0 Å². The Kier molecular flexibility index (Phi) is 6.79. The topological polar surface area (TPSA) is 56.8 Å². The van der Waals surface area contributed by atoms with Crippen LogP contribution in [-0.4, -0.2) is 12.7 Å². The van der Waals surface area contributed by atoms with E-state index in [4.69, 9.17) is 15.3 Å². The van der Waals surface area contributed by atoms with Crippen molar-refractivity contribution in [2.24, 2.45) is 0 Å². The lowest BCUT2D eigenvalue weighted by molar-refractivity contribution is -0.0483. The molecule has 2 rings (SSSR count). The number of rotatable bonds is 6. The molecule has 0 aromatic heterocycles. The predicted molar refractivity (Wildman–Crippen MR) is 95.2 cm³/mol. The minimum Gasteiger partial charge on any atom is -0.378 e. The molecule has 3 heteroatoms. The van der Waals surface area contributed by atoms with Crippen LogP contribution in [0.3, 0.4) is 0 Å². The van der Waals surface area contributed by atoms with Gasteiger partial charge in [0.1, 0.15) is 0 Å². The molecule has 0 atom stereocenters. The SMILES string of the molecule is CO[C@]1(CCC=CC=CC#N)CC[C@H](c2ccc(C#N)cc2)CC1. The smallest absolute Gasteiger partial charge is 0.0991 e. The average molecular weight is 320 g/mol. The van der Waals surface area contributed by atoms with Crippen molar-refractivity contribution in [3.05, 3.63) is 59.7 Å². The zero-order valence-corrected chi connectivity index (χ0v) is 14.2. The third-order valence-corrected chi connectivity index (χ3v) is 5.03. The summed E-state index contributed by atoms with van der Waals surface area (Å²) in [6, 6.07) is 12.2. The van der Waals surface area contributed by atoms with E-state index in [-0.39, 0.29) is 5.60 Å². The van der Waals surface area contributed by atoms with Gasteiger partial charge in [0.2, 0.25) is 0 Å². The standard InChI is InChI=1S/C21H24N2O/c1-24-21(13-5-3-2-4-6-16-22)14-11-20(12-15-21)19-9-7-18(17-23)8-10-19/h2-4,6-10,20H,5,11-15H2,1H3/t20-,21+. The number of benzene rings is 1. The van der Waals surface area contributed by atoms with Crippen LogP contribution in [0.1, 0.15) is 55.6 Å². The molecule has 0 amide bonds. The molecule has 0 radical (unpaired) electrons. The second kappa shape index (κ2) is 9.06. The van der Waals surface area contributed by atoms with Crippen LogP contribution < -0.4 is 0 Å². The molecule has 0 unspecified atom stereocenters. The Hall–Kier alpha value is -2.36. The first kappa shape index (κ1) is 18.0. The lowest BCUT2D eigenvalue weighted by Crippen LogP contribution is -2.35. The third-order valence-electron chi connectivity index (χ3n) is 5.03. The third kappa shape index (κ3) is 4.82. The summed E-state index contributed by atoms with van der Waals surface area (Å²) in [4.78, 5) is 0. The van der Waals surface area contributed by atoms with Crippen molar-refractivity contribution in [3.8, 4) is 12.1 Å². The van der Waals surface area contributed by atoms with E-state index in [0.29, 0.717) is 5.92 Å². The summed E-state index contributed by atoms with van der Waals surface area (Å²) in [5.41, 5.74) is 2.03. The number of nitriles is 2. The van der Waals surface area contributed by atoms with Crippen LogP contribution in [-0.2, 0) is 4.74 Å². The second-order valence-corrected chi connectivity index (χ2v) is 6.35. The summed E-state index contributed by atoms with van der Waals surface area (Å²) in [6.45, 7) is 0. The van der Waals surface area contributed by atoms with Crippen molar-refractivity contribution in [3.63, 3.8) is 0 Å². The van der Waals surface area contributed by atoms with E-state index in [1.807, 2.05) is 31.4 Å². The highest BCUT2D eigenvalue weighted by molar-refractivity contribution is 5.33. The summed E-state index contributed by atoms with van der Waals surface area (Å²) in [5.74, 6) is 0.565. The van der Waals surface area contributed by atoms with Gasteiger partial charge >= 0.3 is 0 Å². The highest BCUT2D eigenvalue weighted by Gasteiger charge is 2.34. The van der Waals surface area contributed by atoms with Crippen molar-refractivity contribution in [1.29, 1.82) is 10.5 Å². The zero-order chi connectivity index (χ0) is 17.3. The van der Waals surface area contributed by atoms with E-state index < -0.39 is 0 Å². The Bertz CT molecular complexity index is 651. The number of methoxy groups -OCH3 is 1. The van der Waals surface area contributed by atoms with Gasteiger partial charge in [-0.3, -0.25) is 0 Å². The molecule has 1 fully saturated rings. The largest absolute Gasteiger partial charge is 0.378 e. The Morgan fingerprint density at radius 1 is 1.17 bits per heavy atom. The summed E-state index contributed by atoms with van der Waals surface area (Å²) in [7, 11) is 1.82. The first-order valence-electron chi connectivity index (χ1n) is 8.49. The number of hydrogen-bond donors (Lipinski definition) is 0. The maximum absolute atomic E-state index is 8.90. The monoisotopic (exact) mass is 320 g/mol. The normalized spacial score (nSPS) is 24.0. The molecule has 0 N–H and O–H groups in total. The Labute approximate surface area is 144 Å². The fourth-order valence-electron chi connectivity index (χ4n) is 3.48. The van der Waals surface area contributed by atoms with Gasteiger partial charge < -0.3 is 4.74 Å². The van der Waals surface area contributed by atoms with Crippen molar-refractivity contribution >= 4 is 0 Å². The van der Waals surface area contributed by atoms with Crippen molar-refractivity contribution in [2.45, 2.75) is 50.0 Å². The summed E-state index contributed by atoms with van der Waals surface area (Å²) < 4.78 is 5.88. The molecule has 124 valence electrons. The minimum atomic E-state index is -0.0215. The molecule has 1 aromatic rings. The molecule has 24 heavy (non-hydrogen) atoms. The Morgan fingerprint density at radius 3 is 2.46 bits per heavy atom. The fourth-order valence-corrected chi connectivity index (χ4v) is 3.48. The highest BCUT2D eigenvalue weighted by atomic mass is 16.5. The van der Waals surface area contributed by atoms with E-state index in [1.54, 1.807) is 6.08 Å². The molecule has 0 heterocycles. The highest BCUT2D eigenvalue weighted by Crippen LogP contribution is 2.42. The number of hydrogen-bond acceptors (Lipinski definition) is 3. The molecular formula is C21H24N2O. The van der Waals surface area contributed by atoms with Crippen molar-refractivity contribution in [2.75, 3.05) is 7.11 Å². The number of allylic oxidation sites excluding steroid dienone is 4. The lowest BCUT2D eigenvalue weighted by Gasteiger charge is -2.39. The van der Waals surface area contributed by atoms with Crippen molar-refractivity contribution in [1.82, 2.24) is 0 Å². The molecule has 1 aliphatic rings. The van der Waals surface area contributed by atoms with E-state index >= 15 is 0 Å². The van der Waals surface area contributed by atoms with Crippen LogP contribution in [0.2, 0.25) is 0 Å². The molecule has 0 bridgehead atoms. The van der Waals surface area contributed by atoms with Gasteiger partial charge in [0.25, 0.3) is 0 Å². The number of nitrogens with zero attached hydrogens (tertiary/aromatic N) is 2. The van der Waals surface area contributed by atoms with Gasteiger partial charge in [0.05, 0.1) is 23.3 Å². The zero-order valence-electron chi connectivity index (χ0n) is 14.2.